The lowest BCUT2D eigenvalue weighted by molar-refractivity contribution is 0.102. The van der Waals surface area contributed by atoms with Crippen LogP contribution in [0.25, 0.3) is 0 Å². The van der Waals surface area contributed by atoms with Gasteiger partial charge in [0.2, 0.25) is 0 Å². The third kappa shape index (κ3) is 2.56. The van der Waals surface area contributed by atoms with Gasteiger partial charge in [0.05, 0.1) is 30.2 Å². The first-order valence-corrected chi connectivity index (χ1v) is 6.19. The van der Waals surface area contributed by atoms with E-state index >= 15 is 0 Å². The van der Waals surface area contributed by atoms with E-state index in [0.717, 1.165) is 11.1 Å². The Morgan fingerprint density at radius 1 is 1.30 bits per heavy atom. The van der Waals surface area contributed by atoms with Crippen molar-refractivity contribution in [3.05, 3.63) is 47.3 Å². The maximum atomic E-state index is 12.3. The van der Waals surface area contributed by atoms with Crippen molar-refractivity contribution >= 4 is 17.3 Å². The fraction of sp³-hybridized carbons (Fsp3) is 0.200. The highest BCUT2D eigenvalue weighted by molar-refractivity contribution is 6.07. The van der Waals surface area contributed by atoms with Crippen LogP contribution in [-0.4, -0.2) is 18.0 Å². The first kappa shape index (κ1) is 13.9. The molecule has 5 nitrogen and oxygen atoms in total. The van der Waals surface area contributed by atoms with Crippen molar-refractivity contribution in [2.75, 3.05) is 18.2 Å². The first-order valence-electron chi connectivity index (χ1n) is 6.19. The number of hydrogen-bond donors (Lipinski definition) is 2. The van der Waals surface area contributed by atoms with Gasteiger partial charge in [-0.25, -0.2) is 0 Å². The molecule has 0 atom stereocenters. The number of aryl methyl sites for hydroxylation is 1. The Hall–Kier alpha value is -2.56. The molecule has 0 radical (unpaired) electrons. The van der Waals surface area contributed by atoms with E-state index in [2.05, 4.69) is 10.3 Å². The van der Waals surface area contributed by atoms with Gasteiger partial charge in [-0.3, -0.25) is 9.78 Å². The number of rotatable bonds is 3. The van der Waals surface area contributed by atoms with Gasteiger partial charge < -0.3 is 15.8 Å². The molecular weight excluding hydrogens is 254 g/mol. The number of nitrogens with one attached hydrogen (secondary N) is 1. The van der Waals surface area contributed by atoms with Crippen LogP contribution in [0.3, 0.4) is 0 Å². The molecule has 1 aromatic carbocycles. The number of methoxy groups -OCH3 is 1. The van der Waals surface area contributed by atoms with Crippen molar-refractivity contribution in [2.24, 2.45) is 0 Å². The number of anilines is 2. The molecule has 1 heterocycles. The Labute approximate surface area is 117 Å². The molecule has 0 aliphatic heterocycles. The molecule has 3 N–H and O–H groups in total. The van der Waals surface area contributed by atoms with Gasteiger partial charge in [-0.2, -0.15) is 0 Å². The highest BCUT2D eigenvalue weighted by Gasteiger charge is 2.15. The molecule has 1 amide bonds. The molecule has 0 unspecified atom stereocenters. The lowest BCUT2D eigenvalue weighted by atomic mass is 10.1. The van der Waals surface area contributed by atoms with Gasteiger partial charge in [0.15, 0.2) is 0 Å². The fourth-order valence-electron chi connectivity index (χ4n) is 1.91. The number of nitrogens with zero attached hydrogens (tertiary/aromatic N) is 1. The molecule has 2 aromatic rings. The molecule has 2 rings (SSSR count). The summed E-state index contributed by atoms with van der Waals surface area (Å²) in [5.41, 5.74) is 9.53. The number of carbonyl (C=O) groups excluding carboxylic acids is 1. The van der Waals surface area contributed by atoms with Crippen molar-refractivity contribution in [1.82, 2.24) is 4.98 Å². The third-order valence-corrected chi connectivity index (χ3v) is 3.26. The molecule has 0 aliphatic carbocycles. The highest BCUT2D eigenvalue weighted by atomic mass is 16.5. The molecule has 1 aromatic heterocycles. The molecule has 0 spiro atoms. The maximum absolute atomic E-state index is 12.3. The smallest absolute Gasteiger partial charge is 0.259 e. The summed E-state index contributed by atoms with van der Waals surface area (Å²) in [5, 5.41) is 2.84. The van der Waals surface area contributed by atoms with Crippen LogP contribution in [0.15, 0.2) is 30.6 Å². The molecule has 0 fully saturated rings. The van der Waals surface area contributed by atoms with Crippen molar-refractivity contribution < 1.29 is 9.53 Å². The minimum absolute atomic E-state index is 0.273. The average molecular weight is 271 g/mol. The van der Waals surface area contributed by atoms with E-state index in [1.54, 1.807) is 18.3 Å². The van der Waals surface area contributed by atoms with E-state index in [1.165, 1.54) is 13.3 Å². The molecule has 104 valence electrons. The monoisotopic (exact) mass is 271 g/mol. The van der Waals surface area contributed by atoms with Crippen molar-refractivity contribution in [2.45, 2.75) is 13.8 Å². The third-order valence-electron chi connectivity index (χ3n) is 3.26. The average Bonchev–Trinajstić information content (AvgIpc) is 2.47. The summed E-state index contributed by atoms with van der Waals surface area (Å²) in [6.45, 7) is 3.89. The number of nitrogens with two attached hydrogens (primary N) is 1. The summed E-state index contributed by atoms with van der Waals surface area (Å²) in [7, 11) is 1.50. The standard InChI is InChI=1S/C15H17N3O2/c1-9-4-5-12(16)14(10(9)2)18-15(19)11-6-7-17-8-13(11)20-3/h4-8H,16H2,1-3H3,(H,18,19). The van der Waals surface area contributed by atoms with Crippen LogP contribution >= 0.6 is 0 Å². The van der Waals surface area contributed by atoms with E-state index in [4.69, 9.17) is 10.5 Å². The lowest BCUT2D eigenvalue weighted by Gasteiger charge is -2.14. The minimum Gasteiger partial charge on any atom is -0.494 e. The number of carbonyl (C=O) groups is 1. The molecule has 0 saturated heterocycles. The van der Waals surface area contributed by atoms with Crippen molar-refractivity contribution in [3.8, 4) is 5.75 Å². The number of benzene rings is 1. The summed E-state index contributed by atoms with van der Waals surface area (Å²) in [6.07, 6.45) is 3.05. The predicted molar refractivity (Wildman–Crippen MR) is 79.1 cm³/mol. The summed E-state index contributed by atoms with van der Waals surface area (Å²) < 4.78 is 5.13. The van der Waals surface area contributed by atoms with E-state index in [1.807, 2.05) is 19.9 Å². The van der Waals surface area contributed by atoms with Gasteiger partial charge in [0, 0.05) is 6.20 Å². The summed E-state index contributed by atoms with van der Waals surface area (Å²) in [5.74, 6) is 0.151. The van der Waals surface area contributed by atoms with Gasteiger partial charge in [-0.05, 0) is 37.1 Å². The fourth-order valence-corrected chi connectivity index (χ4v) is 1.91. The lowest BCUT2D eigenvalue weighted by Crippen LogP contribution is -2.15. The van der Waals surface area contributed by atoms with Crippen LogP contribution in [0.2, 0.25) is 0 Å². The van der Waals surface area contributed by atoms with E-state index in [-0.39, 0.29) is 5.91 Å². The van der Waals surface area contributed by atoms with E-state index < -0.39 is 0 Å². The van der Waals surface area contributed by atoms with E-state index in [0.29, 0.717) is 22.7 Å². The van der Waals surface area contributed by atoms with Crippen LogP contribution in [0.1, 0.15) is 21.5 Å². The molecule has 0 saturated carbocycles. The number of ether oxygens (including phenoxy) is 1. The second-order valence-electron chi connectivity index (χ2n) is 4.50. The molecule has 0 aliphatic rings. The van der Waals surface area contributed by atoms with Crippen LogP contribution in [0.5, 0.6) is 5.75 Å². The Morgan fingerprint density at radius 3 is 2.75 bits per heavy atom. The topological polar surface area (TPSA) is 77.2 Å². The summed E-state index contributed by atoms with van der Waals surface area (Å²) in [4.78, 5) is 16.3. The normalized spacial score (nSPS) is 10.2. The zero-order valence-corrected chi connectivity index (χ0v) is 11.7. The van der Waals surface area contributed by atoms with Gasteiger partial charge in [0.1, 0.15) is 5.75 Å². The second kappa shape index (κ2) is 5.61. The Balaban J connectivity index is 2.35. The largest absolute Gasteiger partial charge is 0.494 e. The Kier molecular flexibility index (Phi) is 3.89. The number of nitrogen functional groups attached to an aromatic ring is 1. The molecular formula is C15H17N3O2. The Morgan fingerprint density at radius 2 is 2.05 bits per heavy atom. The predicted octanol–water partition coefficient (Wildman–Crippen LogP) is 2.54. The second-order valence-corrected chi connectivity index (χ2v) is 4.50. The number of amides is 1. The molecule has 5 heteroatoms. The van der Waals surface area contributed by atoms with Gasteiger partial charge >= 0.3 is 0 Å². The van der Waals surface area contributed by atoms with Gasteiger partial charge in [-0.1, -0.05) is 6.07 Å². The SMILES string of the molecule is COc1cnccc1C(=O)Nc1c(N)ccc(C)c1C. The minimum atomic E-state index is -0.273. The number of aromatic nitrogens is 1. The molecule has 0 bridgehead atoms. The van der Waals surface area contributed by atoms with Crippen LogP contribution in [-0.2, 0) is 0 Å². The van der Waals surface area contributed by atoms with Crippen molar-refractivity contribution in [1.29, 1.82) is 0 Å². The summed E-state index contributed by atoms with van der Waals surface area (Å²) >= 11 is 0. The van der Waals surface area contributed by atoms with E-state index in [9.17, 15) is 4.79 Å². The van der Waals surface area contributed by atoms with Crippen LogP contribution in [0.4, 0.5) is 11.4 Å². The van der Waals surface area contributed by atoms with Gasteiger partial charge in [-0.15, -0.1) is 0 Å². The Bertz CT molecular complexity index is 654. The number of pyridine rings is 1. The zero-order chi connectivity index (χ0) is 14.7. The maximum Gasteiger partial charge on any atom is 0.259 e. The van der Waals surface area contributed by atoms with Crippen LogP contribution in [0, 0.1) is 13.8 Å². The zero-order valence-electron chi connectivity index (χ0n) is 11.7. The van der Waals surface area contributed by atoms with Gasteiger partial charge in [0.25, 0.3) is 5.91 Å². The molecule has 20 heavy (non-hydrogen) atoms. The van der Waals surface area contributed by atoms with Crippen molar-refractivity contribution in [3.63, 3.8) is 0 Å². The quantitative estimate of drug-likeness (QED) is 0.841. The highest BCUT2D eigenvalue weighted by Crippen LogP contribution is 2.27. The summed E-state index contributed by atoms with van der Waals surface area (Å²) in [6, 6.07) is 5.31. The first-order chi connectivity index (χ1) is 9.54. The van der Waals surface area contributed by atoms with Crippen LogP contribution < -0.4 is 15.8 Å². The number of hydrogen-bond acceptors (Lipinski definition) is 4.